The van der Waals surface area contributed by atoms with Crippen LogP contribution in [0, 0.1) is 0 Å². The topological polar surface area (TPSA) is 0 Å². The van der Waals surface area contributed by atoms with E-state index in [0.717, 1.165) is 24.0 Å². The van der Waals surface area contributed by atoms with E-state index in [1.807, 2.05) is 18.2 Å². The van der Waals surface area contributed by atoms with Crippen LogP contribution in [0.1, 0.15) is 24.5 Å². The molecule has 2 heteroatoms. The first kappa shape index (κ1) is 12.8. The fourth-order valence-corrected chi connectivity index (χ4v) is 3.24. The molecule has 0 bridgehead atoms. The fraction of sp³-hybridized carbons (Fsp3) is 0.176. The summed E-state index contributed by atoms with van der Waals surface area (Å²) in [6.07, 6.45) is 4.41. The summed E-state index contributed by atoms with van der Waals surface area (Å²) < 4.78 is 0. The van der Waals surface area contributed by atoms with Crippen molar-refractivity contribution in [2.75, 3.05) is 0 Å². The van der Waals surface area contributed by atoms with Crippen LogP contribution in [-0.2, 0) is 6.42 Å². The number of benzene rings is 2. The number of hydrogen-bond donors (Lipinski definition) is 0. The maximum Gasteiger partial charge on any atom is 0.0499 e. The maximum atomic E-state index is 6.33. The van der Waals surface area contributed by atoms with Gasteiger partial charge in [-0.2, -0.15) is 0 Å². The summed E-state index contributed by atoms with van der Waals surface area (Å²) in [5, 5.41) is 1.42. The Morgan fingerprint density at radius 2 is 1.68 bits per heavy atom. The Morgan fingerprint density at radius 3 is 2.37 bits per heavy atom. The zero-order valence-corrected chi connectivity index (χ0v) is 12.2. The van der Waals surface area contributed by atoms with Gasteiger partial charge in [0.2, 0.25) is 0 Å². The lowest BCUT2D eigenvalue weighted by Crippen LogP contribution is -1.89. The van der Waals surface area contributed by atoms with Gasteiger partial charge < -0.3 is 0 Å². The molecular formula is C17H14Cl2. The smallest absolute Gasteiger partial charge is 0.0499 e. The predicted octanol–water partition coefficient (Wildman–Crippen LogP) is 6.01. The molecule has 0 atom stereocenters. The first-order valence-corrected chi connectivity index (χ1v) is 7.22. The van der Waals surface area contributed by atoms with Crippen molar-refractivity contribution >= 4 is 29.3 Å². The third kappa shape index (κ3) is 2.20. The SMILES string of the molecule is CCC1=Cc2c(cccc2-c2c(Cl)cccc2Cl)C1. The minimum absolute atomic E-state index is 0.708. The van der Waals surface area contributed by atoms with E-state index < -0.39 is 0 Å². The van der Waals surface area contributed by atoms with Gasteiger partial charge in [0.05, 0.1) is 0 Å². The highest BCUT2D eigenvalue weighted by molar-refractivity contribution is 6.39. The Hall–Kier alpha value is -1.24. The Kier molecular flexibility index (Phi) is 3.38. The van der Waals surface area contributed by atoms with Crippen LogP contribution in [0.15, 0.2) is 42.0 Å². The van der Waals surface area contributed by atoms with Crippen LogP contribution < -0.4 is 0 Å². The molecular weight excluding hydrogens is 275 g/mol. The molecule has 0 fully saturated rings. The normalized spacial score (nSPS) is 13.3. The Labute approximate surface area is 123 Å². The fourth-order valence-electron chi connectivity index (χ4n) is 2.64. The molecule has 0 saturated carbocycles. The van der Waals surface area contributed by atoms with Crippen LogP contribution >= 0.6 is 23.2 Å². The zero-order valence-electron chi connectivity index (χ0n) is 10.7. The summed E-state index contributed by atoms with van der Waals surface area (Å²) in [5.41, 5.74) is 6.18. The van der Waals surface area contributed by atoms with Crippen molar-refractivity contribution in [3.63, 3.8) is 0 Å². The van der Waals surface area contributed by atoms with E-state index in [0.29, 0.717) is 10.0 Å². The highest BCUT2D eigenvalue weighted by Crippen LogP contribution is 2.40. The van der Waals surface area contributed by atoms with Gasteiger partial charge in [0.25, 0.3) is 0 Å². The lowest BCUT2D eigenvalue weighted by Gasteiger charge is -2.11. The largest absolute Gasteiger partial charge is 0.0836 e. The number of allylic oxidation sites excluding steroid dienone is 1. The van der Waals surface area contributed by atoms with Crippen LogP contribution in [0.4, 0.5) is 0 Å². The molecule has 0 saturated heterocycles. The molecule has 0 aliphatic heterocycles. The van der Waals surface area contributed by atoms with Crippen LogP contribution in [0.3, 0.4) is 0 Å². The number of hydrogen-bond acceptors (Lipinski definition) is 0. The van der Waals surface area contributed by atoms with E-state index in [1.54, 1.807) is 0 Å². The number of fused-ring (bicyclic) bond motifs is 1. The van der Waals surface area contributed by atoms with Gasteiger partial charge in [0.15, 0.2) is 0 Å². The molecule has 0 radical (unpaired) electrons. The van der Waals surface area contributed by atoms with E-state index in [2.05, 4.69) is 31.2 Å². The summed E-state index contributed by atoms with van der Waals surface area (Å²) in [5.74, 6) is 0. The first-order chi connectivity index (χ1) is 9.20. The third-order valence-corrected chi connectivity index (χ3v) is 4.28. The minimum atomic E-state index is 0.708. The molecule has 96 valence electrons. The number of rotatable bonds is 2. The Bertz CT molecular complexity index is 649. The summed E-state index contributed by atoms with van der Waals surface area (Å²) in [7, 11) is 0. The molecule has 0 heterocycles. The molecule has 19 heavy (non-hydrogen) atoms. The molecule has 0 nitrogen and oxygen atoms in total. The van der Waals surface area contributed by atoms with Crippen molar-refractivity contribution in [3.8, 4) is 11.1 Å². The predicted molar refractivity (Wildman–Crippen MR) is 83.9 cm³/mol. The van der Waals surface area contributed by atoms with Gasteiger partial charge in [0.1, 0.15) is 0 Å². The summed E-state index contributed by atoms with van der Waals surface area (Å²) in [6, 6.07) is 12.0. The van der Waals surface area contributed by atoms with Gasteiger partial charge >= 0.3 is 0 Å². The maximum absolute atomic E-state index is 6.33. The second-order valence-corrected chi connectivity index (χ2v) is 5.62. The average Bonchev–Trinajstić information content (AvgIpc) is 2.82. The Balaban J connectivity index is 2.23. The van der Waals surface area contributed by atoms with E-state index in [9.17, 15) is 0 Å². The van der Waals surface area contributed by atoms with Crippen molar-refractivity contribution in [1.82, 2.24) is 0 Å². The molecule has 2 aromatic carbocycles. The van der Waals surface area contributed by atoms with Crippen molar-refractivity contribution in [1.29, 1.82) is 0 Å². The van der Waals surface area contributed by atoms with Crippen molar-refractivity contribution in [3.05, 3.63) is 63.1 Å². The highest BCUT2D eigenvalue weighted by atomic mass is 35.5. The quantitative estimate of drug-likeness (QED) is 0.635. The van der Waals surface area contributed by atoms with E-state index in [4.69, 9.17) is 23.2 Å². The van der Waals surface area contributed by atoms with Crippen molar-refractivity contribution in [2.24, 2.45) is 0 Å². The number of halogens is 2. The standard InChI is InChI=1S/C17H14Cl2/c1-2-11-9-12-5-3-6-13(14(12)10-11)17-15(18)7-4-8-16(17)19/h3-8,10H,2,9H2,1H3. The van der Waals surface area contributed by atoms with Gasteiger partial charge in [-0.3, -0.25) is 0 Å². The molecule has 0 N–H and O–H groups in total. The molecule has 1 aliphatic carbocycles. The molecule has 0 unspecified atom stereocenters. The summed E-state index contributed by atoms with van der Waals surface area (Å²) in [6.45, 7) is 2.19. The summed E-state index contributed by atoms with van der Waals surface area (Å²) >= 11 is 12.7. The second-order valence-electron chi connectivity index (χ2n) is 4.81. The monoisotopic (exact) mass is 288 g/mol. The Morgan fingerprint density at radius 1 is 1.00 bits per heavy atom. The first-order valence-electron chi connectivity index (χ1n) is 6.46. The molecule has 0 amide bonds. The van der Waals surface area contributed by atoms with Gasteiger partial charge in [-0.15, -0.1) is 0 Å². The average molecular weight is 289 g/mol. The highest BCUT2D eigenvalue weighted by Gasteiger charge is 2.18. The lowest BCUT2D eigenvalue weighted by atomic mass is 9.97. The van der Waals surface area contributed by atoms with Crippen LogP contribution in [0.2, 0.25) is 10.0 Å². The molecule has 0 spiro atoms. The van der Waals surface area contributed by atoms with Gasteiger partial charge in [-0.05, 0) is 41.7 Å². The van der Waals surface area contributed by atoms with Gasteiger partial charge in [0, 0.05) is 15.6 Å². The minimum Gasteiger partial charge on any atom is -0.0836 e. The zero-order chi connectivity index (χ0) is 13.4. The summed E-state index contributed by atoms with van der Waals surface area (Å²) in [4.78, 5) is 0. The third-order valence-electron chi connectivity index (χ3n) is 3.65. The molecule has 0 aromatic heterocycles. The molecule has 1 aliphatic rings. The van der Waals surface area contributed by atoms with Crippen LogP contribution in [0.5, 0.6) is 0 Å². The second kappa shape index (κ2) is 5.03. The van der Waals surface area contributed by atoms with E-state index in [-0.39, 0.29) is 0 Å². The van der Waals surface area contributed by atoms with E-state index in [1.165, 1.54) is 16.7 Å². The molecule has 2 aromatic rings. The van der Waals surface area contributed by atoms with E-state index >= 15 is 0 Å². The van der Waals surface area contributed by atoms with Crippen molar-refractivity contribution < 1.29 is 0 Å². The van der Waals surface area contributed by atoms with Crippen molar-refractivity contribution in [2.45, 2.75) is 19.8 Å². The van der Waals surface area contributed by atoms with Gasteiger partial charge in [-0.1, -0.05) is 66.0 Å². The molecule has 3 rings (SSSR count). The lowest BCUT2D eigenvalue weighted by molar-refractivity contribution is 1.04. The van der Waals surface area contributed by atoms with Gasteiger partial charge in [-0.25, -0.2) is 0 Å². The van der Waals surface area contributed by atoms with Crippen LogP contribution in [0.25, 0.3) is 17.2 Å². The van der Waals surface area contributed by atoms with Crippen LogP contribution in [-0.4, -0.2) is 0 Å².